The molecule has 2 aromatic rings. The van der Waals surface area contributed by atoms with Gasteiger partial charge in [-0.15, -0.1) is 0 Å². The Kier molecular flexibility index (Phi) is 5.49. The van der Waals surface area contributed by atoms with Crippen LogP contribution in [0.3, 0.4) is 0 Å². The SMILES string of the molecule is NC(=O)Nc1ccccc1CN1CCC(Cc2ccccc2)CC1. The normalized spacial score (nSPS) is 16.0. The molecule has 3 N–H and O–H groups in total. The van der Waals surface area contributed by atoms with Gasteiger partial charge in [0.05, 0.1) is 0 Å². The molecule has 0 bridgehead atoms. The van der Waals surface area contributed by atoms with Crippen molar-refractivity contribution in [2.24, 2.45) is 11.7 Å². The summed E-state index contributed by atoms with van der Waals surface area (Å²) in [5.41, 5.74) is 8.63. The molecular weight excluding hydrogens is 298 g/mol. The number of piperidine rings is 1. The van der Waals surface area contributed by atoms with Crippen LogP contribution in [-0.2, 0) is 13.0 Å². The number of rotatable bonds is 5. The van der Waals surface area contributed by atoms with E-state index in [0.717, 1.165) is 36.8 Å². The number of carbonyl (C=O) groups is 1. The highest BCUT2D eigenvalue weighted by Gasteiger charge is 2.20. The van der Waals surface area contributed by atoms with Crippen LogP contribution < -0.4 is 11.1 Å². The number of hydrogen-bond acceptors (Lipinski definition) is 2. The Labute approximate surface area is 143 Å². The number of para-hydroxylation sites is 1. The molecule has 1 aliphatic heterocycles. The minimum atomic E-state index is -0.510. The van der Waals surface area contributed by atoms with Crippen LogP contribution >= 0.6 is 0 Å². The maximum absolute atomic E-state index is 11.1. The molecule has 4 nitrogen and oxygen atoms in total. The molecule has 2 amide bonds. The van der Waals surface area contributed by atoms with E-state index in [9.17, 15) is 4.79 Å². The van der Waals surface area contributed by atoms with Crippen molar-refractivity contribution in [2.75, 3.05) is 18.4 Å². The Hall–Kier alpha value is -2.33. The molecular formula is C20H25N3O. The summed E-state index contributed by atoms with van der Waals surface area (Å²) in [4.78, 5) is 13.6. The molecule has 0 saturated carbocycles. The van der Waals surface area contributed by atoms with Crippen molar-refractivity contribution in [3.63, 3.8) is 0 Å². The summed E-state index contributed by atoms with van der Waals surface area (Å²) in [6.07, 6.45) is 3.62. The molecule has 0 atom stereocenters. The minimum Gasteiger partial charge on any atom is -0.351 e. The maximum Gasteiger partial charge on any atom is 0.316 e. The lowest BCUT2D eigenvalue weighted by molar-refractivity contribution is 0.177. The number of anilines is 1. The third-order valence-electron chi connectivity index (χ3n) is 4.74. The van der Waals surface area contributed by atoms with Gasteiger partial charge in [-0.2, -0.15) is 0 Å². The lowest BCUT2D eigenvalue weighted by Crippen LogP contribution is -2.34. The van der Waals surface area contributed by atoms with Crippen LogP contribution in [-0.4, -0.2) is 24.0 Å². The molecule has 1 saturated heterocycles. The Balaban J connectivity index is 1.53. The molecule has 0 radical (unpaired) electrons. The number of benzene rings is 2. The number of urea groups is 1. The second-order valence-corrected chi connectivity index (χ2v) is 6.56. The van der Waals surface area contributed by atoms with Crippen LogP contribution in [0, 0.1) is 5.92 Å². The zero-order chi connectivity index (χ0) is 16.8. The predicted molar refractivity (Wildman–Crippen MR) is 97.8 cm³/mol. The van der Waals surface area contributed by atoms with Gasteiger partial charge in [-0.05, 0) is 55.5 Å². The summed E-state index contributed by atoms with van der Waals surface area (Å²) in [5, 5.41) is 2.72. The minimum absolute atomic E-state index is 0.510. The van der Waals surface area contributed by atoms with Gasteiger partial charge in [0, 0.05) is 12.2 Å². The highest BCUT2D eigenvalue weighted by Crippen LogP contribution is 2.24. The van der Waals surface area contributed by atoms with E-state index >= 15 is 0 Å². The molecule has 3 rings (SSSR count). The highest BCUT2D eigenvalue weighted by atomic mass is 16.2. The first kappa shape index (κ1) is 16.5. The van der Waals surface area contributed by atoms with E-state index in [2.05, 4.69) is 46.6 Å². The van der Waals surface area contributed by atoms with Gasteiger partial charge in [0.1, 0.15) is 0 Å². The molecule has 1 heterocycles. The van der Waals surface area contributed by atoms with Gasteiger partial charge in [-0.3, -0.25) is 4.90 Å². The van der Waals surface area contributed by atoms with Crippen LogP contribution in [0.4, 0.5) is 10.5 Å². The summed E-state index contributed by atoms with van der Waals surface area (Å²) in [7, 11) is 0. The monoisotopic (exact) mass is 323 g/mol. The Morgan fingerprint density at radius 3 is 2.42 bits per heavy atom. The number of nitrogens with two attached hydrogens (primary N) is 1. The number of nitrogens with zero attached hydrogens (tertiary/aromatic N) is 1. The van der Waals surface area contributed by atoms with E-state index in [4.69, 9.17) is 5.73 Å². The summed E-state index contributed by atoms with van der Waals surface area (Å²) in [6.45, 7) is 3.05. The molecule has 0 unspecified atom stereocenters. The van der Waals surface area contributed by atoms with Crippen LogP contribution in [0.25, 0.3) is 0 Å². The number of carbonyl (C=O) groups excluding carboxylic acids is 1. The fraction of sp³-hybridized carbons (Fsp3) is 0.350. The first-order chi connectivity index (χ1) is 11.7. The van der Waals surface area contributed by atoms with Crippen LogP contribution in [0.2, 0.25) is 0 Å². The van der Waals surface area contributed by atoms with E-state index < -0.39 is 6.03 Å². The van der Waals surface area contributed by atoms with Crippen LogP contribution in [0.15, 0.2) is 54.6 Å². The van der Waals surface area contributed by atoms with E-state index in [-0.39, 0.29) is 0 Å². The molecule has 24 heavy (non-hydrogen) atoms. The Morgan fingerprint density at radius 1 is 1.04 bits per heavy atom. The average molecular weight is 323 g/mol. The van der Waals surface area contributed by atoms with Gasteiger partial charge in [0.25, 0.3) is 0 Å². The standard InChI is InChI=1S/C20H25N3O/c21-20(24)22-19-9-5-4-8-18(19)15-23-12-10-17(11-13-23)14-16-6-2-1-3-7-16/h1-9,17H,10-15H2,(H3,21,22,24). The van der Waals surface area contributed by atoms with E-state index in [1.807, 2.05) is 18.2 Å². The fourth-order valence-electron chi connectivity index (χ4n) is 3.45. The molecule has 0 aromatic heterocycles. The molecule has 0 aliphatic carbocycles. The molecule has 1 aliphatic rings. The van der Waals surface area contributed by atoms with Gasteiger partial charge in [0.2, 0.25) is 0 Å². The topological polar surface area (TPSA) is 58.4 Å². The molecule has 126 valence electrons. The summed E-state index contributed by atoms with van der Waals surface area (Å²) >= 11 is 0. The quantitative estimate of drug-likeness (QED) is 0.882. The first-order valence-corrected chi connectivity index (χ1v) is 8.61. The first-order valence-electron chi connectivity index (χ1n) is 8.61. The lowest BCUT2D eigenvalue weighted by atomic mass is 9.90. The zero-order valence-electron chi connectivity index (χ0n) is 13.9. The molecule has 0 spiro atoms. The van der Waals surface area contributed by atoms with E-state index in [1.54, 1.807) is 0 Å². The van der Waals surface area contributed by atoms with Gasteiger partial charge >= 0.3 is 6.03 Å². The molecule has 4 heteroatoms. The number of amides is 2. The van der Waals surface area contributed by atoms with Gasteiger partial charge in [-0.1, -0.05) is 48.5 Å². The maximum atomic E-state index is 11.1. The van der Waals surface area contributed by atoms with E-state index in [1.165, 1.54) is 24.8 Å². The molecule has 1 fully saturated rings. The second-order valence-electron chi connectivity index (χ2n) is 6.56. The van der Waals surface area contributed by atoms with Crippen molar-refractivity contribution in [2.45, 2.75) is 25.8 Å². The van der Waals surface area contributed by atoms with Crippen molar-refractivity contribution in [1.29, 1.82) is 0 Å². The predicted octanol–water partition coefficient (Wildman–Crippen LogP) is 3.63. The number of primary amides is 1. The smallest absolute Gasteiger partial charge is 0.316 e. The van der Waals surface area contributed by atoms with E-state index in [0.29, 0.717) is 0 Å². The summed E-state index contributed by atoms with van der Waals surface area (Å²) in [5.74, 6) is 0.766. The lowest BCUT2D eigenvalue weighted by Gasteiger charge is -2.32. The highest BCUT2D eigenvalue weighted by molar-refractivity contribution is 5.88. The largest absolute Gasteiger partial charge is 0.351 e. The van der Waals surface area contributed by atoms with Gasteiger partial charge < -0.3 is 11.1 Å². The third kappa shape index (κ3) is 4.59. The van der Waals surface area contributed by atoms with Crippen molar-refractivity contribution >= 4 is 11.7 Å². The van der Waals surface area contributed by atoms with Crippen molar-refractivity contribution in [3.8, 4) is 0 Å². The Bertz CT molecular complexity index is 664. The fourth-order valence-corrected chi connectivity index (χ4v) is 3.45. The third-order valence-corrected chi connectivity index (χ3v) is 4.74. The zero-order valence-corrected chi connectivity index (χ0v) is 13.9. The average Bonchev–Trinajstić information content (AvgIpc) is 2.59. The van der Waals surface area contributed by atoms with Crippen molar-refractivity contribution in [3.05, 3.63) is 65.7 Å². The van der Waals surface area contributed by atoms with Gasteiger partial charge in [-0.25, -0.2) is 4.79 Å². The second kappa shape index (κ2) is 7.97. The Morgan fingerprint density at radius 2 is 1.71 bits per heavy atom. The summed E-state index contributed by atoms with van der Waals surface area (Å²) < 4.78 is 0. The number of nitrogens with one attached hydrogen (secondary N) is 1. The van der Waals surface area contributed by atoms with Crippen LogP contribution in [0.1, 0.15) is 24.0 Å². The number of hydrogen-bond donors (Lipinski definition) is 2. The molecule has 2 aromatic carbocycles. The van der Waals surface area contributed by atoms with Crippen molar-refractivity contribution in [1.82, 2.24) is 4.90 Å². The summed E-state index contributed by atoms with van der Waals surface area (Å²) in [6, 6.07) is 18.1. The van der Waals surface area contributed by atoms with Crippen molar-refractivity contribution < 1.29 is 4.79 Å². The van der Waals surface area contributed by atoms with Crippen LogP contribution in [0.5, 0.6) is 0 Å². The number of likely N-dealkylation sites (tertiary alicyclic amines) is 1. The van der Waals surface area contributed by atoms with Gasteiger partial charge in [0.15, 0.2) is 0 Å².